The van der Waals surface area contributed by atoms with Crippen LogP contribution in [-0.4, -0.2) is 17.0 Å². The molecule has 0 fully saturated rings. The Labute approximate surface area is 106 Å². The molecule has 0 rings (SSSR count). The minimum atomic E-state index is -0.815. The van der Waals surface area contributed by atoms with E-state index in [9.17, 15) is 5.11 Å². The zero-order valence-corrected chi connectivity index (χ0v) is 12.3. The smallest absolute Gasteiger partial charge is 0.191 e. The SMILES string of the molecule is CCCCC(CC)C(O)OOC(C)(C)C(C)C. The first-order chi connectivity index (χ1) is 7.85. The van der Waals surface area contributed by atoms with Crippen molar-refractivity contribution in [1.82, 2.24) is 0 Å². The summed E-state index contributed by atoms with van der Waals surface area (Å²) in [6.45, 7) is 12.3. The Bertz CT molecular complexity index is 190. The van der Waals surface area contributed by atoms with Crippen molar-refractivity contribution in [2.75, 3.05) is 0 Å². The second kappa shape index (κ2) is 8.06. The molecular formula is C14H30O3. The van der Waals surface area contributed by atoms with Crippen LogP contribution in [0, 0.1) is 11.8 Å². The highest BCUT2D eigenvalue weighted by molar-refractivity contribution is 4.70. The molecule has 1 N–H and O–H groups in total. The van der Waals surface area contributed by atoms with E-state index in [0.29, 0.717) is 5.92 Å². The molecule has 0 saturated heterocycles. The van der Waals surface area contributed by atoms with Gasteiger partial charge in [-0.2, -0.15) is 0 Å². The van der Waals surface area contributed by atoms with Gasteiger partial charge in [-0.05, 0) is 32.6 Å². The maximum absolute atomic E-state index is 9.93. The monoisotopic (exact) mass is 246 g/mol. The van der Waals surface area contributed by atoms with Crippen molar-refractivity contribution in [1.29, 1.82) is 0 Å². The highest BCUT2D eigenvalue weighted by Gasteiger charge is 2.27. The molecule has 0 amide bonds. The zero-order valence-electron chi connectivity index (χ0n) is 12.3. The normalized spacial score (nSPS) is 16.2. The molecule has 0 bridgehead atoms. The van der Waals surface area contributed by atoms with Gasteiger partial charge in [0.15, 0.2) is 6.29 Å². The summed E-state index contributed by atoms with van der Waals surface area (Å²) in [5.41, 5.74) is -0.371. The fraction of sp³-hybridized carbons (Fsp3) is 1.00. The summed E-state index contributed by atoms with van der Waals surface area (Å²) < 4.78 is 0. The Balaban J connectivity index is 4.09. The Hall–Kier alpha value is -0.120. The summed E-state index contributed by atoms with van der Waals surface area (Å²) in [4.78, 5) is 10.5. The average molecular weight is 246 g/mol. The van der Waals surface area contributed by atoms with Crippen LogP contribution >= 0.6 is 0 Å². The Morgan fingerprint density at radius 3 is 2.18 bits per heavy atom. The quantitative estimate of drug-likeness (QED) is 0.381. The molecule has 2 atom stereocenters. The fourth-order valence-corrected chi connectivity index (χ4v) is 1.36. The van der Waals surface area contributed by atoms with Crippen LogP contribution in [-0.2, 0) is 9.78 Å². The topological polar surface area (TPSA) is 38.7 Å². The van der Waals surface area contributed by atoms with Crippen molar-refractivity contribution in [2.24, 2.45) is 11.8 Å². The molecule has 3 heteroatoms. The first-order valence-electron chi connectivity index (χ1n) is 6.87. The van der Waals surface area contributed by atoms with Gasteiger partial charge in [0.1, 0.15) is 5.60 Å². The van der Waals surface area contributed by atoms with Gasteiger partial charge in [-0.15, -0.1) is 0 Å². The molecule has 3 nitrogen and oxygen atoms in total. The number of aliphatic hydroxyl groups excluding tert-OH is 1. The lowest BCUT2D eigenvalue weighted by Crippen LogP contribution is -2.35. The fourth-order valence-electron chi connectivity index (χ4n) is 1.36. The van der Waals surface area contributed by atoms with Crippen LogP contribution in [0.3, 0.4) is 0 Å². The van der Waals surface area contributed by atoms with Crippen molar-refractivity contribution >= 4 is 0 Å². The highest BCUT2D eigenvalue weighted by Crippen LogP contribution is 2.24. The third-order valence-corrected chi connectivity index (χ3v) is 3.61. The largest absolute Gasteiger partial charge is 0.365 e. The second-order valence-electron chi connectivity index (χ2n) is 5.64. The lowest BCUT2D eigenvalue weighted by molar-refractivity contribution is -0.428. The summed E-state index contributed by atoms with van der Waals surface area (Å²) in [5, 5.41) is 9.93. The van der Waals surface area contributed by atoms with Crippen LogP contribution in [0.25, 0.3) is 0 Å². The predicted molar refractivity (Wildman–Crippen MR) is 70.4 cm³/mol. The molecular weight excluding hydrogens is 216 g/mol. The van der Waals surface area contributed by atoms with Gasteiger partial charge < -0.3 is 5.11 Å². The number of hydrogen-bond donors (Lipinski definition) is 1. The predicted octanol–water partition coefficient (Wildman–Crippen LogP) is 3.90. The third-order valence-electron chi connectivity index (χ3n) is 3.61. The van der Waals surface area contributed by atoms with Gasteiger partial charge in [0.2, 0.25) is 0 Å². The summed E-state index contributed by atoms with van der Waals surface area (Å²) in [5.74, 6) is 0.503. The van der Waals surface area contributed by atoms with Crippen molar-refractivity contribution < 1.29 is 14.9 Å². The van der Waals surface area contributed by atoms with E-state index in [-0.39, 0.29) is 11.5 Å². The summed E-state index contributed by atoms with van der Waals surface area (Å²) >= 11 is 0. The minimum absolute atomic E-state index is 0.165. The van der Waals surface area contributed by atoms with Gasteiger partial charge in [0, 0.05) is 5.92 Å². The van der Waals surface area contributed by atoms with E-state index in [0.717, 1.165) is 25.7 Å². The summed E-state index contributed by atoms with van der Waals surface area (Å²) in [7, 11) is 0. The van der Waals surface area contributed by atoms with E-state index < -0.39 is 6.29 Å². The molecule has 0 aromatic heterocycles. The van der Waals surface area contributed by atoms with E-state index in [4.69, 9.17) is 9.78 Å². The molecule has 0 saturated carbocycles. The van der Waals surface area contributed by atoms with E-state index in [1.54, 1.807) is 0 Å². The second-order valence-corrected chi connectivity index (χ2v) is 5.64. The summed E-state index contributed by atoms with van der Waals surface area (Å²) in [6, 6.07) is 0. The van der Waals surface area contributed by atoms with Gasteiger partial charge >= 0.3 is 0 Å². The molecule has 0 aliphatic heterocycles. The lowest BCUT2D eigenvalue weighted by Gasteiger charge is -2.30. The van der Waals surface area contributed by atoms with Crippen LogP contribution in [0.15, 0.2) is 0 Å². The molecule has 0 aliphatic carbocycles. The molecule has 2 unspecified atom stereocenters. The maximum atomic E-state index is 9.93. The molecule has 0 radical (unpaired) electrons. The molecule has 0 spiro atoms. The van der Waals surface area contributed by atoms with E-state index in [1.807, 2.05) is 13.8 Å². The van der Waals surface area contributed by atoms with E-state index in [2.05, 4.69) is 27.7 Å². The Kier molecular flexibility index (Phi) is 8.01. The Morgan fingerprint density at radius 1 is 1.18 bits per heavy atom. The average Bonchev–Trinajstić information content (AvgIpc) is 2.27. The zero-order chi connectivity index (χ0) is 13.5. The molecule has 0 aliphatic rings. The lowest BCUT2D eigenvalue weighted by atomic mass is 9.95. The van der Waals surface area contributed by atoms with E-state index >= 15 is 0 Å². The van der Waals surface area contributed by atoms with Crippen molar-refractivity contribution in [3.8, 4) is 0 Å². The van der Waals surface area contributed by atoms with Gasteiger partial charge in [-0.25, -0.2) is 9.78 Å². The van der Waals surface area contributed by atoms with Crippen LogP contribution in [0.5, 0.6) is 0 Å². The number of aliphatic hydroxyl groups is 1. The maximum Gasteiger partial charge on any atom is 0.191 e. The Morgan fingerprint density at radius 2 is 1.76 bits per heavy atom. The minimum Gasteiger partial charge on any atom is -0.365 e. The molecule has 0 aromatic rings. The standard InChI is InChI=1S/C14H30O3/c1-7-9-10-12(8-2)13(15)16-17-14(5,6)11(3)4/h11-13,15H,7-10H2,1-6H3. The first-order valence-corrected chi connectivity index (χ1v) is 6.87. The third kappa shape index (κ3) is 6.39. The van der Waals surface area contributed by atoms with Gasteiger partial charge in [0.05, 0.1) is 0 Å². The molecule has 0 heterocycles. The van der Waals surface area contributed by atoms with Crippen molar-refractivity contribution in [2.45, 2.75) is 79.1 Å². The van der Waals surface area contributed by atoms with E-state index in [1.165, 1.54) is 0 Å². The number of rotatable bonds is 9. The van der Waals surface area contributed by atoms with Crippen LogP contribution < -0.4 is 0 Å². The van der Waals surface area contributed by atoms with Gasteiger partial charge in [-0.3, -0.25) is 0 Å². The van der Waals surface area contributed by atoms with Crippen molar-refractivity contribution in [3.63, 3.8) is 0 Å². The van der Waals surface area contributed by atoms with Crippen LogP contribution in [0.2, 0.25) is 0 Å². The van der Waals surface area contributed by atoms with Gasteiger partial charge in [-0.1, -0.05) is 40.5 Å². The molecule has 0 aromatic carbocycles. The van der Waals surface area contributed by atoms with Crippen LogP contribution in [0.4, 0.5) is 0 Å². The first kappa shape index (κ1) is 16.9. The molecule has 104 valence electrons. The van der Waals surface area contributed by atoms with Crippen LogP contribution in [0.1, 0.15) is 67.2 Å². The molecule has 17 heavy (non-hydrogen) atoms. The highest BCUT2D eigenvalue weighted by atomic mass is 17.2. The number of hydrogen-bond acceptors (Lipinski definition) is 3. The summed E-state index contributed by atoms with van der Waals surface area (Å²) in [6.07, 6.45) is 3.34. The van der Waals surface area contributed by atoms with Gasteiger partial charge in [0.25, 0.3) is 0 Å². The number of unbranched alkanes of at least 4 members (excludes halogenated alkanes) is 1. The van der Waals surface area contributed by atoms with Crippen molar-refractivity contribution in [3.05, 3.63) is 0 Å².